The van der Waals surface area contributed by atoms with Gasteiger partial charge >= 0.3 is 12.1 Å². The maximum Gasteiger partial charge on any atom is 0.416 e. The van der Waals surface area contributed by atoms with E-state index < -0.39 is 28.9 Å². The van der Waals surface area contributed by atoms with Crippen LogP contribution in [-0.2, 0) is 22.3 Å². The number of carbonyl (C=O) groups is 1. The standard InChI is InChI=1S/C18H17F3N4O3/c1-17(2,3)28-14(26)9-24-10-22-15-13(16(24)27)8-23-25(15)12-6-4-5-11(7-12)18(19,20)21/h4-8,10H,9H2,1-3H3. The van der Waals surface area contributed by atoms with E-state index in [1.807, 2.05) is 0 Å². The Kier molecular flexibility index (Phi) is 4.74. The molecule has 148 valence electrons. The molecule has 0 spiro atoms. The first-order valence-corrected chi connectivity index (χ1v) is 8.28. The minimum Gasteiger partial charge on any atom is -0.459 e. The van der Waals surface area contributed by atoms with E-state index in [1.165, 1.54) is 18.3 Å². The van der Waals surface area contributed by atoms with Gasteiger partial charge in [0.05, 0.1) is 17.4 Å². The Hall–Kier alpha value is -3.17. The number of hydrogen-bond donors (Lipinski definition) is 0. The average molecular weight is 394 g/mol. The van der Waals surface area contributed by atoms with Crippen LogP contribution in [0, 0.1) is 0 Å². The maximum absolute atomic E-state index is 12.9. The molecule has 3 rings (SSSR count). The van der Waals surface area contributed by atoms with E-state index in [1.54, 1.807) is 20.8 Å². The molecule has 0 aliphatic carbocycles. The Labute approximate surface area is 157 Å². The zero-order valence-electron chi connectivity index (χ0n) is 15.3. The summed E-state index contributed by atoms with van der Waals surface area (Å²) >= 11 is 0. The second-order valence-corrected chi connectivity index (χ2v) is 7.11. The first-order valence-electron chi connectivity index (χ1n) is 8.28. The minimum absolute atomic E-state index is 0.0727. The van der Waals surface area contributed by atoms with Crippen LogP contribution in [0.25, 0.3) is 16.7 Å². The van der Waals surface area contributed by atoms with Crippen molar-refractivity contribution in [3.63, 3.8) is 0 Å². The SMILES string of the molecule is CC(C)(C)OC(=O)Cn1cnc2c(cnn2-c2cccc(C(F)(F)F)c2)c1=O. The van der Waals surface area contributed by atoms with Gasteiger partial charge in [0.1, 0.15) is 23.9 Å². The molecule has 3 aromatic rings. The minimum atomic E-state index is -4.51. The molecule has 0 aliphatic rings. The second-order valence-electron chi connectivity index (χ2n) is 7.11. The number of nitrogens with zero attached hydrogens (tertiary/aromatic N) is 4. The van der Waals surface area contributed by atoms with E-state index in [-0.39, 0.29) is 23.3 Å². The quantitative estimate of drug-likeness (QED) is 0.639. The number of rotatable bonds is 3. The maximum atomic E-state index is 12.9. The summed E-state index contributed by atoms with van der Waals surface area (Å²) in [4.78, 5) is 28.6. The van der Waals surface area contributed by atoms with Gasteiger partial charge in [-0.05, 0) is 39.0 Å². The molecule has 2 heterocycles. The molecule has 0 saturated heterocycles. The highest BCUT2D eigenvalue weighted by atomic mass is 19.4. The number of hydrogen-bond acceptors (Lipinski definition) is 5. The highest BCUT2D eigenvalue weighted by Gasteiger charge is 2.30. The number of carbonyl (C=O) groups excluding carboxylic acids is 1. The fourth-order valence-corrected chi connectivity index (χ4v) is 2.58. The van der Waals surface area contributed by atoms with Gasteiger partial charge in [0, 0.05) is 0 Å². The molecule has 0 unspecified atom stereocenters. The number of alkyl halides is 3. The molecule has 0 radical (unpaired) electrons. The van der Waals surface area contributed by atoms with Gasteiger partial charge < -0.3 is 4.74 Å². The first kappa shape index (κ1) is 19.6. The van der Waals surface area contributed by atoms with Crippen LogP contribution in [-0.4, -0.2) is 30.9 Å². The Balaban J connectivity index is 1.98. The molecule has 7 nitrogen and oxygen atoms in total. The third-order valence-electron chi connectivity index (χ3n) is 3.69. The molecule has 0 atom stereocenters. The molecule has 0 N–H and O–H groups in total. The molecular formula is C18H17F3N4O3. The van der Waals surface area contributed by atoms with Crippen molar-refractivity contribution in [2.24, 2.45) is 0 Å². The molecule has 1 aromatic carbocycles. The van der Waals surface area contributed by atoms with E-state index >= 15 is 0 Å². The average Bonchev–Trinajstić information content (AvgIpc) is 3.00. The summed E-state index contributed by atoms with van der Waals surface area (Å²) in [5, 5.41) is 4.06. The summed E-state index contributed by atoms with van der Waals surface area (Å²) in [7, 11) is 0. The van der Waals surface area contributed by atoms with Crippen LogP contribution in [0.1, 0.15) is 26.3 Å². The normalized spacial score (nSPS) is 12.4. The number of benzene rings is 1. The summed E-state index contributed by atoms with van der Waals surface area (Å²) in [6.45, 7) is 4.77. The number of aromatic nitrogens is 4. The summed E-state index contributed by atoms with van der Waals surface area (Å²) in [5.74, 6) is -0.610. The van der Waals surface area contributed by atoms with Crippen molar-refractivity contribution >= 4 is 17.0 Å². The lowest BCUT2D eigenvalue weighted by atomic mass is 10.2. The summed E-state index contributed by atoms with van der Waals surface area (Å²) in [5.41, 5.74) is -1.89. The van der Waals surface area contributed by atoms with Gasteiger partial charge in [0.2, 0.25) is 0 Å². The molecule has 0 amide bonds. The molecule has 0 aliphatic heterocycles. The fraction of sp³-hybridized carbons (Fsp3) is 0.333. The van der Waals surface area contributed by atoms with Crippen LogP contribution in [0.5, 0.6) is 0 Å². The predicted octanol–water partition coefficient (Wildman–Crippen LogP) is 2.94. The Bertz CT molecular complexity index is 1090. The summed E-state index contributed by atoms with van der Waals surface area (Å²) < 4.78 is 46.2. The van der Waals surface area contributed by atoms with Gasteiger partial charge in [-0.2, -0.15) is 18.3 Å². The lowest BCUT2D eigenvalue weighted by molar-refractivity contribution is -0.155. The molecule has 0 bridgehead atoms. The van der Waals surface area contributed by atoms with Crippen molar-refractivity contribution < 1.29 is 22.7 Å². The molecule has 0 saturated carbocycles. The Morgan fingerprint density at radius 3 is 2.57 bits per heavy atom. The van der Waals surface area contributed by atoms with E-state index in [9.17, 15) is 22.8 Å². The van der Waals surface area contributed by atoms with Crippen molar-refractivity contribution in [2.45, 2.75) is 39.1 Å². The monoisotopic (exact) mass is 394 g/mol. The van der Waals surface area contributed by atoms with Crippen LogP contribution < -0.4 is 5.56 Å². The summed E-state index contributed by atoms with van der Waals surface area (Å²) in [6, 6.07) is 4.53. The zero-order chi connectivity index (χ0) is 20.7. The van der Waals surface area contributed by atoms with Crippen LogP contribution in [0.3, 0.4) is 0 Å². The van der Waals surface area contributed by atoms with E-state index in [4.69, 9.17) is 4.74 Å². The third-order valence-corrected chi connectivity index (χ3v) is 3.69. The molecular weight excluding hydrogens is 377 g/mol. The highest BCUT2D eigenvalue weighted by molar-refractivity contribution is 5.76. The molecule has 0 fully saturated rings. The van der Waals surface area contributed by atoms with Gasteiger partial charge in [-0.3, -0.25) is 14.2 Å². The van der Waals surface area contributed by atoms with Crippen LogP contribution in [0.15, 0.2) is 41.6 Å². The van der Waals surface area contributed by atoms with Gasteiger partial charge in [-0.1, -0.05) is 6.07 Å². The van der Waals surface area contributed by atoms with Gasteiger partial charge in [-0.25, -0.2) is 9.67 Å². The number of fused-ring (bicyclic) bond motifs is 1. The number of esters is 1. The second kappa shape index (κ2) is 6.77. The van der Waals surface area contributed by atoms with Crippen molar-refractivity contribution in [1.29, 1.82) is 0 Å². The number of halogens is 3. The highest BCUT2D eigenvalue weighted by Crippen LogP contribution is 2.30. The third kappa shape index (κ3) is 4.05. The van der Waals surface area contributed by atoms with E-state index in [0.717, 1.165) is 27.7 Å². The van der Waals surface area contributed by atoms with Crippen LogP contribution in [0.2, 0.25) is 0 Å². The molecule has 2 aromatic heterocycles. The van der Waals surface area contributed by atoms with E-state index in [2.05, 4.69) is 10.1 Å². The summed E-state index contributed by atoms with van der Waals surface area (Å²) in [6.07, 6.45) is -2.16. The fourth-order valence-electron chi connectivity index (χ4n) is 2.58. The van der Waals surface area contributed by atoms with Gasteiger partial charge in [0.25, 0.3) is 5.56 Å². The van der Waals surface area contributed by atoms with Crippen molar-refractivity contribution in [1.82, 2.24) is 19.3 Å². The van der Waals surface area contributed by atoms with Gasteiger partial charge in [0.15, 0.2) is 5.65 Å². The van der Waals surface area contributed by atoms with E-state index in [0.29, 0.717) is 0 Å². The molecule has 10 heteroatoms. The largest absolute Gasteiger partial charge is 0.459 e. The Morgan fingerprint density at radius 1 is 1.21 bits per heavy atom. The first-order chi connectivity index (χ1) is 13.0. The van der Waals surface area contributed by atoms with Crippen LogP contribution in [0.4, 0.5) is 13.2 Å². The lowest BCUT2D eigenvalue weighted by Crippen LogP contribution is -2.30. The zero-order valence-corrected chi connectivity index (χ0v) is 15.3. The molecule has 28 heavy (non-hydrogen) atoms. The van der Waals surface area contributed by atoms with Crippen molar-refractivity contribution in [2.75, 3.05) is 0 Å². The predicted molar refractivity (Wildman–Crippen MR) is 94.0 cm³/mol. The van der Waals surface area contributed by atoms with Crippen molar-refractivity contribution in [3.8, 4) is 5.69 Å². The van der Waals surface area contributed by atoms with Crippen LogP contribution >= 0.6 is 0 Å². The van der Waals surface area contributed by atoms with Gasteiger partial charge in [-0.15, -0.1) is 0 Å². The number of ether oxygens (including phenoxy) is 1. The van der Waals surface area contributed by atoms with Crippen molar-refractivity contribution in [3.05, 3.63) is 52.7 Å². The lowest BCUT2D eigenvalue weighted by Gasteiger charge is -2.19. The Morgan fingerprint density at radius 2 is 1.93 bits per heavy atom. The topological polar surface area (TPSA) is 79.0 Å². The smallest absolute Gasteiger partial charge is 0.416 e.